The first-order chi connectivity index (χ1) is 11.8. The Bertz CT molecular complexity index is 661. The van der Waals surface area contributed by atoms with Crippen LogP contribution in [0.4, 0.5) is 17.3 Å². The molecule has 1 aromatic heterocycles. The minimum Gasteiger partial charge on any atom is -0.378 e. The second-order valence-electron chi connectivity index (χ2n) is 6.36. The lowest BCUT2D eigenvalue weighted by molar-refractivity contribution is -0.0691. The van der Waals surface area contributed by atoms with Crippen molar-refractivity contribution in [2.75, 3.05) is 43.1 Å². The van der Waals surface area contributed by atoms with E-state index in [0.29, 0.717) is 18.0 Å². The molecule has 7 nitrogen and oxygen atoms in total. The van der Waals surface area contributed by atoms with E-state index in [2.05, 4.69) is 61.3 Å². The summed E-state index contributed by atoms with van der Waals surface area (Å²) in [5.41, 5.74) is 2.23. The smallest absolute Gasteiger partial charge is 0.230 e. The molecule has 2 aliphatic rings. The number of anilines is 3. The number of nitrogens with one attached hydrogen (secondary N) is 1. The molecule has 2 aliphatic heterocycles. The van der Waals surface area contributed by atoms with Gasteiger partial charge in [0.25, 0.3) is 0 Å². The van der Waals surface area contributed by atoms with Crippen LogP contribution in [0.3, 0.4) is 0 Å². The number of piperazine rings is 1. The zero-order valence-corrected chi connectivity index (χ0v) is 13.8. The molecular formula is C17H22N6O. The van der Waals surface area contributed by atoms with E-state index in [1.165, 1.54) is 18.3 Å². The van der Waals surface area contributed by atoms with E-state index in [9.17, 15) is 0 Å². The Balaban J connectivity index is 1.39. The van der Waals surface area contributed by atoms with Crippen LogP contribution in [0.15, 0.2) is 36.9 Å². The number of hydrogen-bond acceptors (Lipinski definition) is 7. The lowest BCUT2D eigenvalue weighted by atomic mass is 10.1. The van der Waals surface area contributed by atoms with Gasteiger partial charge in [-0.2, -0.15) is 0 Å². The molecule has 7 heteroatoms. The van der Waals surface area contributed by atoms with Gasteiger partial charge in [0.2, 0.25) is 5.95 Å². The van der Waals surface area contributed by atoms with Crippen LogP contribution in [0.1, 0.15) is 6.92 Å². The second-order valence-corrected chi connectivity index (χ2v) is 6.36. The van der Waals surface area contributed by atoms with Crippen LogP contribution in [0, 0.1) is 0 Å². The summed E-state index contributed by atoms with van der Waals surface area (Å²) in [5.74, 6) is 0.558. The maximum atomic E-state index is 5.32. The molecule has 24 heavy (non-hydrogen) atoms. The van der Waals surface area contributed by atoms with Gasteiger partial charge in [-0.15, -0.1) is 0 Å². The fraction of sp³-hybridized carbons (Fsp3) is 0.471. The SMILES string of the molecule is CC1CN(C2COC2)CCN1c1ccc(Nc2ncncn2)cc1. The lowest BCUT2D eigenvalue weighted by Crippen LogP contribution is -2.59. The number of benzene rings is 1. The Hall–Kier alpha value is -2.25. The Labute approximate surface area is 141 Å². The molecule has 1 unspecified atom stereocenters. The molecule has 0 aliphatic carbocycles. The average molecular weight is 326 g/mol. The largest absolute Gasteiger partial charge is 0.378 e. The molecule has 2 aromatic rings. The van der Waals surface area contributed by atoms with E-state index in [0.717, 1.165) is 38.5 Å². The number of ether oxygens (including phenoxy) is 1. The van der Waals surface area contributed by atoms with Gasteiger partial charge in [-0.25, -0.2) is 15.0 Å². The molecule has 2 fully saturated rings. The Kier molecular flexibility index (Phi) is 4.27. The highest BCUT2D eigenvalue weighted by Gasteiger charge is 2.32. The highest BCUT2D eigenvalue weighted by molar-refractivity contribution is 5.59. The summed E-state index contributed by atoms with van der Waals surface area (Å²) in [6, 6.07) is 9.57. The average Bonchev–Trinajstić information content (AvgIpc) is 2.55. The fourth-order valence-electron chi connectivity index (χ4n) is 3.30. The summed E-state index contributed by atoms with van der Waals surface area (Å²) in [5, 5.41) is 3.18. The first-order valence-corrected chi connectivity index (χ1v) is 8.37. The number of aromatic nitrogens is 3. The molecule has 1 atom stereocenters. The normalized spacial score (nSPS) is 22.2. The summed E-state index contributed by atoms with van der Waals surface area (Å²) in [4.78, 5) is 17.0. The third kappa shape index (κ3) is 3.18. The molecule has 0 radical (unpaired) electrons. The van der Waals surface area contributed by atoms with Crippen molar-refractivity contribution in [2.45, 2.75) is 19.0 Å². The minimum absolute atomic E-state index is 0.502. The first-order valence-electron chi connectivity index (χ1n) is 8.37. The number of rotatable bonds is 4. The van der Waals surface area contributed by atoms with Crippen molar-refractivity contribution in [1.29, 1.82) is 0 Å². The van der Waals surface area contributed by atoms with Crippen LogP contribution in [0.5, 0.6) is 0 Å². The van der Waals surface area contributed by atoms with Gasteiger partial charge in [0, 0.05) is 37.1 Å². The van der Waals surface area contributed by atoms with Crippen molar-refractivity contribution >= 4 is 17.3 Å². The van der Waals surface area contributed by atoms with Crippen molar-refractivity contribution < 1.29 is 4.74 Å². The Morgan fingerprint density at radius 1 is 1.08 bits per heavy atom. The predicted octanol–water partition coefficient (Wildman–Crippen LogP) is 1.52. The molecular weight excluding hydrogens is 304 g/mol. The van der Waals surface area contributed by atoms with Crippen LogP contribution in [-0.2, 0) is 4.74 Å². The van der Waals surface area contributed by atoms with Crippen molar-refractivity contribution in [3.63, 3.8) is 0 Å². The van der Waals surface area contributed by atoms with Gasteiger partial charge in [0.1, 0.15) is 12.7 Å². The molecule has 0 amide bonds. The van der Waals surface area contributed by atoms with Gasteiger partial charge in [0.15, 0.2) is 0 Å². The zero-order valence-electron chi connectivity index (χ0n) is 13.8. The Morgan fingerprint density at radius 2 is 1.83 bits per heavy atom. The number of hydrogen-bond donors (Lipinski definition) is 1. The minimum atomic E-state index is 0.502. The summed E-state index contributed by atoms with van der Waals surface area (Å²) >= 11 is 0. The van der Waals surface area contributed by atoms with Gasteiger partial charge in [-0.05, 0) is 31.2 Å². The van der Waals surface area contributed by atoms with E-state index >= 15 is 0 Å². The molecule has 1 N–H and O–H groups in total. The zero-order chi connectivity index (χ0) is 16.4. The van der Waals surface area contributed by atoms with E-state index in [4.69, 9.17) is 4.74 Å². The van der Waals surface area contributed by atoms with Crippen LogP contribution in [-0.4, -0.2) is 64.8 Å². The van der Waals surface area contributed by atoms with Gasteiger partial charge in [0.05, 0.1) is 19.3 Å². The molecule has 4 rings (SSSR count). The highest BCUT2D eigenvalue weighted by Crippen LogP contribution is 2.25. The van der Waals surface area contributed by atoms with Gasteiger partial charge >= 0.3 is 0 Å². The molecule has 0 spiro atoms. The summed E-state index contributed by atoms with van der Waals surface area (Å²) < 4.78 is 5.32. The molecule has 0 bridgehead atoms. The summed E-state index contributed by atoms with van der Waals surface area (Å²) in [7, 11) is 0. The van der Waals surface area contributed by atoms with E-state index < -0.39 is 0 Å². The van der Waals surface area contributed by atoms with Crippen molar-refractivity contribution in [3.8, 4) is 0 Å². The third-order valence-corrected chi connectivity index (χ3v) is 4.74. The number of nitrogens with zero attached hydrogens (tertiary/aromatic N) is 5. The standard InChI is InChI=1S/C17H22N6O/c1-13-8-22(16-9-24-10-16)6-7-23(13)15-4-2-14(3-5-15)21-17-19-11-18-12-20-17/h2-5,11-13,16H,6-10H2,1H3,(H,18,19,20,21). The maximum Gasteiger partial charge on any atom is 0.230 e. The third-order valence-electron chi connectivity index (χ3n) is 4.74. The van der Waals surface area contributed by atoms with Crippen LogP contribution in [0.25, 0.3) is 0 Å². The van der Waals surface area contributed by atoms with Gasteiger partial charge in [-0.3, -0.25) is 4.90 Å². The van der Waals surface area contributed by atoms with Gasteiger partial charge < -0.3 is 15.0 Å². The molecule has 3 heterocycles. The predicted molar refractivity (Wildman–Crippen MR) is 92.5 cm³/mol. The maximum absolute atomic E-state index is 5.32. The summed E-state index contributed by atoms with van der Waals surface area (Å²) in [6.45, 7) is 7.33. The fourth-order valence-corrected chi connectivity index (χ4v) is 3.30. The molecule has 0 saturated carbocycles. The topological polar surface area (TPSA) is 66.4 Å². The molecule has 2 saturated heterocycles. The van der Waals surface area contributed by atoms with Gasteiger partial charge in [-0.1, -0.05) is 0 Å². The van der Waals surface area contributed by atoms with Crippen molar-refractivity contribution in [2.24, 2.45) is 0 Å². The van der Waals surface area contributed by atoms with E-state index in [-0.39, 0.29) is 0 Å². The highest BCUT2D eigenvalue weighted by atomic mass is 16.5. The van der Waals surface area contributed by atoms with Crippen LogP contribution >= 0.6 is 0 Å². The van der Waals surface area contributed by atoms with Crippen molar-refractivity contribution in [3.05, 3.63) is 36.9 Å². The summed E-state index contributed by atoms with van der Waals surface area (Å²) in [6.07, 6.45) is 2.97. The molecule has 126 valence electrons. The quantitative estimate of drug-likeness (QED) is 0.914. The van der Waals surface area contributed by atoms with E-state index in [1.807, 2.05) is 0 Å². The van der Waals surface area contributed by atoms with E-state index in [1.54, 1.807) is 0 Å². The first kappa shape index (κ1) is 15.3. The monoisotopic (exact) mass is 326 g/mol. The van der Waals surface area contributed by atoms with Crippen LogP contribution in [0.2, 0.25) is 0 Å². The molecule has 1 aromatic carbocycles. The lowest BCUT2D eigenvalue weighted by Gasteiger charge is -2.46. The second kappa shape index (κ2) is 6.70. The van der Waals surface area contributed by atoms with Crippen molar-refractivity contribution in [1.82, 2.24) is 19.9 Å². The Morgan fingerprint density at radius 3 is 2.46 bits per heavy atom. The van der Waals surface area contributed by atoms with Crippen LogP contribution < -0.4 is 10.2 Å².